The fraction of sp³-hybridized carbons (Fsp3) is 0.0455. The average Bonchev–Trinajstić information content (AvgIpc) is 2.74. The van der Waals surface area contributed by atoms with E-state index in [2.05, 4.69) is 32.6 Å². The van der Waals surface area contributed by atoms with Crippen LogP contribution < -0.4 is 10.6 Å². The lowest BCUT2D eigenvalue weighted by atomic mass is 10.2. The van der Waals surface area contributed by atoms with Gasteiger partial charge in [-0.2, -0.15) is 5.26 Å². The summed E-state index contributed by atoms with van der Waals surface area (Å²) in [7, 11) is 0. The third kappa shape index (κ3) is 5.70. The molecule has 0 aliphatic carbocycles. The van der Waals surface area contributed by atoms with Crippen molar-refractivity contribution in [1.82, 2.24) is 5.32 Å². The number of nitrogens with one attached hydrogen (secondary N) is 2. The van der Waals surface area contributed by atoms with E-state index in [1.807, 2.05) is 36.4 Å². The van der Waals surface area contributed by atoms with E-state index in [4.69, 9.17) is 0 Å². The van der Waals surface area contributed by atoms with Crippen LogP contribution in [-0.2, 0) is 4.79 Å². The average molecular weight is 466 g/mol. The van der Waals surface area contributed by atoms with Crippen molar-refractivity contribution in [2.24, 2.45) is 0 Å². The molecule has 0 unspecified atom stereocenters. The van der Waals surface area contributed by atoms with Crippen LogP contribution >= 0.6 is 27.7 Å². The Morgan fingerprint density at radius 3 is 2.31 bits per heavy atom. The summed E-state index contributed by atoms with van der Waals surface area (Å²) in [6, 6.07) is 23.6. The highest BCUT2D eigenvalue weighted by atomic mass is 79.9. The number of halogens is 1. The molecule has 0 saturated carbocycles. The molecule has 0 radical (unpaired) electrons. The Bertz CT molecular complexity index is 1080. The Kier molecular flexibility index (Phi) is 7.06. The first-order valence-electron chi connectivity index (χ1n) is 8.66. The largest absolute Gasteiger partial charge is 0.343 e. The monoisotopic (exact) mass is 465 g/mol. The highest BCUT2D eigenvalue weighted by molar-refractivity contribution is 9.10. The molecule has 0 aromatic heterocycles. The van der Waals surface area contributed by atoms with E-state index < -0.39 is 0 Å². The van der Waals surface area contributed by atoms with Gasteiger partial charge in [-0.25, -0.2) is 0 Å². The molecule has 0 saturated heterocycles. The number of amides is 2. The SMILES string of the molecule is N#Cc1ccccc1Sc1ccccc1C(=O)NCC(=O)Nc1ccc(Br)cc1. The molecule has 2 amide bonds. The highest BCUT2D eigenvalue weighted by Gasteiger charge is 2.14. The maximum absolute atomic E-state index is 12.6. The van der Waals surface area contributed by atoms with Gasteiger partial charge in [0, 0.05) is 20.0 Å². The standard InChI is InChI=1S/C22H16BrN3O2S/c23-16-9-11-17(12-10-16)26-21(27)14-25-22(28)18-6-2-4-8-20(18)29-19-7-3-1-5-15(19)13-24/h1-12H,14H2,(H,25,28)(H,26,27). The molecular formula is C22H16BrN3O2S. The van der Waals surface area contributed by atoms with Crippen LogP contribution in [0.1, 0.15) is 15.9 Å². The molecule has 2 N–H and O–H groups in total. The summed E-state index contributed by atoms with van der Waals surface area (Å²) in [5.41, 5.74) is 1.64. The van der Waals surface area contributed by atoms with Gasteiger partial charge in [0.2, 0.25) is 5.91 Å². The fourth-order valence-corrected chi connectivity index (χ4v) is 3.79. The Balaban J connectivity index is 1.66. The van der Waals surface area contributed by atoms with Gasteiger partial charge in [-0.3, -0.25) is 9.59 Å². The topological polar surface area (TPSA) is 82.0 Å². The van der Waals surface area contributed by atoms with E-state index >= 15 is 0 Å². The van der Waals surface area contributed by atoms with Gasteiger partial charge in [0.1, 0.15) is 6.07 Å². The van der Waals surface area contributed by atoms with E-state index in [1.54, 1.807) is 36.4 Å². The lowest BCUT2D eigenvalue weighted by molar-refractivity contribution is -0.115. The quantitative estimate of drug-likeness (QED) is 0.545. The van der Waals surface area contributed by atoms with Crippen LogP contribution in [-0.4, -0.2) is 18.4 Å². The molecule has 3 aromatic rings. The molecular weight excluding hydrogens is 450 g/mol. The van der Waals surface area contributed by atoms with Crippen LogP contribution in [0.5, 0.6) is 0 Å². The van der Waals surface area contributed by atoms with Gasteiger partial charge < -0.3 is 10.6 Å². The van der Waals surface area contributed by atoms with Crippen LogP contribution in [0.25, 0.3) is 0 Å². The number of hydrogen-bond acceptors (Lipinski definition) is 4. The molecule has 0 bridgehead atoms. The Morgan fingerprint density at radius 2 is 1.59 bits per heavy atom. The second-order valence-corrected chi connectivity index (χ2v) is 7.94. The van der Waals surface area contributed by atoms with E-state index in [0.29, 0.717) is 21.7 Å². The van der Waals surface area contributed by atoms with Gasteiger partial charge in [0.05, 0.1) is 17.7 Å². The first kappa shape index (κ1) is 20.6. The molecule has 7 heteroatoms. The lowest BCUT2D eigenvalue weighted by Gasteiger charge is -2.11. The number of hydrogen-bond donors (Lipinski definition) is 2. The number of rotatable bonds is 6. The molecule has 0 heterocycles. The summed E-state index contributed by atoms with van der Waals surface area (Å²) in [5.74, 6) is -0.672. The molecule has 3 rings (SSSR count). The number of nitrogens with zero attached hydrogens (tertiary/aromatic N) is 1. The normalized spacial score (nSPS) is 10.1. The fourth-order valence-electron chi connectivity index (χ4n) is 2.50. The zero-order chi connectivity index (χ0) is 20.6. The highest BCUT2D eigenvalue weighted by Crippen LogP contribution is 2.32. The number of carbonyl (C=O) groups excluding carboxylic acids is 2. The molecule has 0 fully saturated rings. The van der Waals surface area contributed by atoms with Crippen molar-refractivity contribution in [1.29, 1.82) is 5.26 Å². The van der Waals surface area contributed by atoms with Crippen molar-refractivity contribution in [2.45, 2.75) is 9.79 Å². The Hall–Kier alpha value is -3.08. The molecule has 3 aromatic carbocycles. The second kappa shape index (κ2) is 9.92. The Labute approximate surface area is 181 Å². The third-order valence-corrected chi connectivity index (χ3v) is 5.58. The first-order valence-corrected chi connectivity index (χ1v) is 10.3. The minimum Gasteiger partial charge on any atom is -0.343 e. The summed E-state index contributed by atoms with van der Waals surface area (Å²) in [4.78, 5) is 26.2. The molecule has 144 valence electrons. The summed E-state index contributed by atoms with van der Waals surface area (Å²) in [6.07, 6.45) is 0. The maximum Gasteiger partial charge on any atom is 0.252 e. The molecule has 0 spiro atoms. The van der Waals surface area contributed by atoms with E-state index in [9.17, 15) is 14.9 Å². The maximum atomic E-state index is 12.6. The number of benzene rings is 3. The summed E-state index contributed by atoms with van der Waals surface area (Å²) in [6.45, 7) is -0.150. The van der Waals surface area contributed by atoms with Gasteiger partial charge in [-0.05, 0) is 48.5 Å². The molecule has 0 aliphatic heterocycles. The number of carbonyl (C=O) groups is 2. The van der Waals surface area contributed by atoms with Crippen molar-refractivity contribution in [3.63, 3.8) is 0 Å². The van der Waals surface area contributed by atoms with Gasteiger partial charge in [-0.15, -0.1) is 0 Å². The molecule has 29 heavy (non-hydrogen) atoms. The molecule has 0 aliphatic rings. The van der Waals surface area contributed by atoms with Crippen LogP contribution in [0.3, 0.4) is 0 Å². The predicted molar refractivity (Wildman–Crippen MR) is 117 cm³/mol. The van der Waals surface area contributed by atoms with Gasteiger partial charge in [0.25, 0.3) is 5.91 Å². The van der Waals surface area contributed by atoms with Crippen molar-refractivity contribution in [2.75, 3.05) is 11.9 Å². The number of nitriles is 1. The van der Waals surface area contributed by atoms with Crippen LogP contribution in [0, 0.1) is 11.3 Å². The van der Waals surface area contributed by atoms with Crippen molar-refractivity contribution in [3.05, 3.63) is 88.4 Å². The van der Waals surface area contributed by atoms with Crippen LogP contribution in [0.15, 0.2) is 87.1 Å². The van der Waals surface area contributed by atoms with E-state index in [-0.39, 0.29) is 18.4 Å². The van der Waals surface area contributed by atoms with Crippen molar-refractivity contribution in [3.8, 4) is 6.07 Å². The minimum atomic E-state index is -0.353. The second-order valence-electron chi connectivity index (χ2n) is 5.94. The van der Waals surface area contributed by atoms with E-state index in [0.717, 1.165) is 9.37 Å². The van der Waals surface area contributed by atoms with Crippen LogP contribution in [0.4, 0.5) is 5.69 Å². The Morgan fingerprint density at radius 1 is 0.931 bits per heavy atom. The zero-order valence-electron chi connectivity index (χ0n) is 15.2. The first-order chi connectivity index (χ1) is 14.1. The number of anilines is 1. The molecule has 0 atom stereocenters. The van der Waals surface area contributed by atoms with Crippen molar-refractivity contribution < 1.29 is 9.59 Å². The van der Waals surface area contributed by atoms with Gasteiger partial charge >= 0.3 is 0 Å². The van der Waals surface area contributed by atoms with Crippen LogP contribution in [0.2, 0.25) is 0 Å². The van der Waals surface area contributed by atoms with Gasteiger partial charge in [0.15, 0.2) is 0 Å². The summed E-state index contributed by atoms with van der Waals surface area (Å²) in [5, 5.41) is 14.6. The minimum absolute atomic E-state index is 0.150. The zero-order valence-corrected chi connectivity index (χ0v) is 17.6. The van der Waals surface area contributed by atoms with Crippen molar-refractivity contribution >= 4 is 45.2 Å². The smallest absolute Gasteiger partial charge is 0.252 e. The summed E-state index contributed by atoms with van der Waals surface area (Å²) < 4.78 is 0.913. The van der Waals surface area contributed by atoms with E-state index in [1.165, 1.54) is 11.8 Å². The van der Waals surface area contributed by atoms with Gasteiger partial charge in [-0.1, -0.05) is 52.0 Å². The summed E-state index contributed by atoms with van der Waals surface area (Å²) >= 11 is 4.68. The lowest BCUT2D eigenvalue weighted by Crippen LogP contribution is -2.33. The predicted octanol–water partition coefficient (Wildman–Crippen LogP) is 4.84. The third-order valence-electron chi connectivity index (χ3n) is 3.90. The molecule has 5 nitrogen and oxygen atoms in total.